The maximum absolute atomic E-state index is 5.46. The predicted octanol–water partition coefficient (Wildman–Crippen LogP) is 1.47. The molecule has 2 atom stereocenters. The van der Waals surface area contributed by atoms with Crippen molar-refractivity contribution in [3.8, 4) is 0 Å². The fraction of sp³-hybridized carbons (Fsp3) is 0.923. The van der Waals surface area contributed by atoms with E-state index < -0.39 is 0 Å². The van der Waals surface area contributed by atoms with Crippen molar-refractivity contribution in [2.45, 2.75) is 31.4 Å². The summed E-state index contributed by atoms with van der Waals surface area (Å²) in [4.78, 5) is 4.29. The second-order valence-electron chi connectivity index (χ2n) is 5.55. The van der Waals surface area contributed by atoms with Gasteiger partial charge in [0.2, 0.25) is 0 Å². The molecular weight excluding hydrogens is 246 g/mol. The molecule has 0 saturated carbocycles. The number of nitrogens with one attached hydrogen (secondary N) is 2. The Morgan fingerprint density at radius 1 is 1.50 bits per heavy atom. The van der Waals surface area contributed by atoms with Gasteiger partial charge in [0.15, 0.2) is 5.96 Å². The van der Waals surface area contributed by atoms with Crippen molar-refractivity contribution >= 4 is 17.7 Å². The van der Waals surface area contributed by atoms with E-state index in [0.29, 0.717) is 0 Å². The SMILES string of the molecule is CN=C(NCC1CCCS1)NCC1(C)CCOC1. The summed E-state index contributed by atoms with van der Waals surface area (Å²) in [6.07, 6.45) is 3.83. The maximum atomic E-state index is 5.46. The Labute approximate surface area is 114 Å². The molecular formula is C13H25N3OS. The molecule has 0 spiro atoms. The number of guanidine groups is 1. The Kier molecular flexibility index (Phi) is 5.18. The van der Waals surface area contributed by atoms with Crippen LogP contribution >= 0.6 is 11.8 Å². The van der Waals surface area contributed by atoms with Gasteiger partial charge in [0.1, 0.15) is 0 Å². The first-order valence-corrected chi connectivity index (χ1v) is 7.91. The zero-order valence-corrected chi connectivity index (χ0v) is 12.3. The molecule has 2 aliphatic heterocycles. The minimum absolute atomic E-state index is 0.264. The van der Waals surface area contributed by atoms with E-state index in [4.69, 9.17) is 4.74 Å². The number of hydrogen-bond donors (Lipinski definition) is 2. The summed E-state index contributed by atoms with van der Waals surface area (Å²) in [6.45, 7) is 5.98. The van der Waals surface area contributed by atoms with Gasteiger partial charge in [-0.2, -0.15) is 11.8 Å². The largest absolute Gasteiger partial charge is 0.381 e. The average Bonchev–Trinajstić information content (AvgIpc) is 3.01. The molecule has 18 heavy (non-hydrogen) atoms. The summed E-state index contributed by atoms with van der Waals surface area (Å²) in [6, 6.07) is 0. The lowest BCUT2D eigenvalue weighted by molar-refractivity contribution is 0.160. The van der Waals surface area contributed by atoms with Gasteiger partial charge in [-0.15, -0.1) is 0 Å². The number of rotatable bonds is 4. The van der Waals surface area contributed by atoms with Crippen LogP contribution in [0.1, 0.15) is 26.2 Å². The van der Waals surface area contributed by atoms with Gasteiger partial charge in [-0.25, -0.2) is 0 Å². The first-order chi connectivity index (χ1) is 8.72. The summed E-state index contributed by atoms with van der Waals surface area (Å²) in [5.74, 6) is 2.24. The van der Waals surface area contributed by atoms with Crippen molar-refractivity contribution in [3.63, 3.8) is 0 Å². The Balaban J connectivity index is 1.68. The van der Waals surface area contributed by atoms with Crippen LogP contribution in [0.15, 0.2) is 4.99 Å². The van der Waals surface area contributed by atoms with Crippen molar-refractivity contribution in [2.24, 2.45) is 10.4 Å². The van der Waals surface area contributed by atoms with Crippen LogP contribution in [0.2, 0.25) is 0 Å². The topological polar surface area (TPSA) is 45.7 Å². The minimum Gasteiger partial charge on any atom is -0.381 e. The van der Waals surface area contributed by atoms with E-state index >= 15 is 0 Å². The van der Waals surface area contributed by atoms with Crippen molar-refractivity contribution in [1.82, 2.24) is 10.6 Å². The summed E-state index contributed by atoms with van der Waals surface area (Å²) in [7, 11) is 1.84. The van der Waals surface area contributed by atoms with E-state index in [1.54, 1.807) is 0 Å². The molecule has 0 aromatic rings. The molecule has 0 aromatic carbocycles. The summed E-state index contributed by atoms with van der Waals surface area (Å²) < 4.78 is 5.46. The van der Waals surface area contributed by atoms with Crippen LogP contribution in [-0.2, 0) is 4.74 Å². The third kappa shape index (κ3) is 4.05. The lowest BCUT2D eigenvalue weighted by Crippen LogP contribution is -2.44. The first-order valence-electron chi connectivity index (χ1n) is 6.86. The number of aliphatic imine (C=N–C) groups is 1. The van der Waals surface area contributed by atoms with Crippen LogP contribution < -0.4 is 10.6 Å². The molecule has 0 amide bonds. The second kappa shape index (κ2) is 6.66. The fourth-order valence-electron chi connectivity index (χ4n) is 2.38. The highest BCUT2D eigenvalue weighted by atomic mass is 32.2. The normalized spacial score (nSPS) is 32.8. The molecule has 2 N–H and O–H groups in total. The molecule has 2 saturated heterocycles. The van der Waals surface area contributed by atoms with Gasteiger partial charge in [-0.05, 0) is 25.0 Å². The van der Waals surface area contributed by atoms with Crippen molar-refractivity contribution in [1.29, 1.82) is 0 Å². The zero-order valence-electron chi connectivity index (χ0n) is 11.5. The Morgan fingerprint density at radius 3 is 3.00 bits per heavy atom. The highest BCUT2D eigenvalue weighted by Gasteiger charge is 2.29. The van der Waals surface area contributed by atoms with Gasteiger partial charge in [0.05, 0.1) is 6.61 Å². The van der Waals surface area contributed by atoms with E-state index in [0.717, 1.165) is 43.9 Å². The summed E-state index contributed by atoms with van der Waals surface area (Å²) in [5, 5.41) is 7.61. The van der Waals surface area contributed by atoms with Gasteiger partial charge in [0, 0.05) is 37.4 Å². The molecule has 0 aliphatic carbocycles. The molecule has 0 aromatic heterocycles. The standard InChI is InChI=1S/C13H25N3OS/c1-13(5-6-17-10-13)9-16-12(14-2)15-8-11-4-3-7-18-11/h11H,3-10H2,1-2H3,(H2,14,15,16). The lowest BCUT2D eigenvalue weighted by Gasteiger charge is -2.24. The smallest absolute Gasteiger partial charge is 0.191 e. The Morgan fingerprint density at radius 2 is 2.39 bits per heavy atom. The first kappa shape index (κ1) is 14.0. The average molecular weight is 271 g/mol. The molecule has 2 heterocycles. The Hall–Kier alpha value is -0.420. The molecule has 5 heteroatoms. The molecule has 4 nitrogen and oxygen atoms in total. The minimum atomic E-state index is 0.264. The van der Waals surface area contributed by atoms with Gasteiger partial charge >= 0.3 is 0 Å². The molecule has 2 rings (SSSR count). The van der Waals surface area contributed by atoms with E-state index in [2.05, 4.69) is 34.3 Å². The van der Waals surface area contributed by atoms with Crippen molar-refractivity contribution in [2.75, 3.05) is 39.1 Å². The molecule has 2 aliphatic rings. The number of nitrogens with zero attached hydrogens (tertiary/aromatic N) is 1. The monoisotopic (exact) mass is 271 g/mol. The van der Waals surface area contributed by atoms with Gasteiger partial charge in [-0.1, -0.05) is 6.92 Å². The summed E-state index contributed by atoms with van der Waals surface area (Å²) in [5.41, 5.74) is 0.264. The number of thioether (sulfide) groups is 1. The van der Waals surface area contributed by atoms with E-state index in [-0.39, 0.29) is 5.41 Å². The highest BCUT2D eigenvalue weighted by Crippen LogP contribution is 2.27. The lowest BCUT2D eigenvalue weighted by atomic mass is 9.90. The van der Waals surface area contributed by atoms with E-state index in [1.807, 2.05) is 7.05 Å². The van der Waals surface area contributed by atoms with E-state index in [9.17, 15) is 0 Å². The predicted molar refractivity (Wildman–Crippen MR) is 78.4 cm³/mol. The van der Waals surface area contributed by atoms with Gasteiger partial charge in [0.25, 0.3) is 0 Å². The van der Waals surface area contributed by atoms with Gasteiger partial charge < -0.3 is 15.4 Å². The summed E-state index contributed by atoms with van der Waals surface area (Å²) >= 11 is 2.07. The van der Waals surface area contributed by atoms with Crippen molar-refractivity contribution in [3.05, 3.63) is 0 Å². The number of hydrogen-bond acceptors (Lipinski definition) is 3. The van der Waals surface area contributed by atoms with Crippen LogP contribution in [-0.4, -0.2) is 50.3 Å². The Bertz CT molecular complexity index is 284. The third-order valence-corrected chi connectivity index (χ3v) is 5.13. The van der Waals surface area contributed by atoms with Gasteiger partial charge in [-0.3, -0.25) is 4.99 Å². The molecule has 2 unspecified atom stereocenters. The molecule has 104 valence electrons. The second-order valence-corrected chi connectivity index (χ2v) is 6.96. The number of ether oxygens (including phenoxy) is 1. The molecule has 2 fully saturated rings. The van der Waals surface area contributed by atoms with Crippen LogP contribution in [0.4, 0.5) is 0 Å². The van der Waals surface area contributed by atoms with Crippen molar-refractivity contribution < 1.29 is 4.74 Å². The molecule has 0 radical (unpaired) electrons. The molecule has 0 bridgehead atoms. The quantitative estimate of drug-likeness (QED) is 0.600. The highest BCUT2D eigenvalue weighted by molar-refractivity contribution is 8.00. The van der Waals surface area contributed by atoms with Crippen LogP contribution in [0, 0.1) is 5.41 Å². The van der Waals surface area contributed by atoms with E-state index in [1.165, 1.54) is 18.6 Å². The van der Waals surface area contributed by atoms with Crippen LogP contribution in [0.3, 0.4) is 0 Å². The maximum Gasteiger partial charge on any atom is 0.191 e. The fourth-order valence-corrected chi connectivity index (χ4v) is 3.58. The van der Waals surface area contributed by atoms with Crippen LogP contribution in [0.5, 0.6) is 0 Å². The zero-order chi connectivity index (χ0) is 12.8. The third-order valence-electron chi connectivity index (χ3n) is 3.73. The van der Waals surface area contributed by atoms with Crippen LogP contribution in [0.25, 0.3) is 0 Å².